The first kappa shape index (κ1) is 16.3. The van der Waals surface area contributed by atoms with Gasteiger partial charge in [-0.05, 0) is 19.3 Å². The summed E-state index contributed by atoms with van der Waals surface area (Å²) in [7, 11) is 0. The maximum Gasteiger partial charge on any atom is 0.305 e. The molecule has 0 saturated carbocycles. The number of carbonyl (C=O) groups excluding carboxylic acids is 1. The summed E-state index contributed by atoms with van der Waals surface area (Å²) in [5, 5.41) is 9.19. The molecule has 0 spiro atoms. The maximum atomic E-state index is 12.6. The van der Waals surface area contributed by atoms with Gasteiger partial charge in [0.2, 0.25) is 0 Å². The van der Waals surface area contributed by atoms with Gasteiger partial charge < -0.3 is 10.0 Å². The summed E-state index contributed by atoms with van der Waals surface area (Å²) in [5.41, 5.74) is 0.00311. The molecule has 0 aliphatic carbocycles. The molecule has 21 heavy (non-hydrogen) atoms. The van der Waals surface area contributed by atoms with Gasteiger partial charge in [0.25, 0.3) is 5.91 Å². The van der Waals surface area contributed by atoms with Crippen LogP contribution in [0.2, 0.25) is 15.1 Å². The lowest BCUT2D eigenvalue weighted by Crippen LogP contribution is -2.45. The van der Waals surface area contributed by atoms with Crippen molar-refractivity contribution in [2.24, 2.45) is 0 Å². The fraction of sp³-hybridized carbons (Fsp3) is 0.462. The number of amides is 1. The van der Waals surface area contributed by atoms with E-state index in [1.807, 2.05) is 0 Å². The van der Waals surface area contributed by atoms with Crippen LogP contribution in [0.4, 0.5) is 0 Å². The number of hydrogen-bond donors (Lipinski definition) is 1. The molecule has 1 amide bonds. The molecule has 2 heterocycles. The Labute approximate surface area is 136 Å². The maximum absolute atomic E-state index is 12.6. The summed E-state index contributed by atoms with van der Waals surface area (Å²) < 4.78 is 0. The van der Waals surface area contributed by atoms with E-state index in [9.17, 15) is 9.59 Å². The molecule has 5 nitrogen and oxygen atoms in total. The molecule has 1 unspecified atom stereocenters. The number of halogens is 3. The lowest BCUT2D eigenvalue weighted by Gasteiger charge is -2.34. The van der Waals surface area contributed by atoms with Crippen LogP contribution in [0.15, 0.2) is 6.20 Å². The molecule has 1 aromatic heterocycles. The van der Waals surface area contributed by atoms with Crippen LogP contribution in [-0.4, -0.2) is 39.5 Å². The van der Waals surface area contributed by atoms with E-state index in [4.69, 9.17) is 39.9 Å². The summed E-state index contributed by atoms with van der Waals surface area (Å²) >= 11 is 17.7. The molecule has 1 aliphatic heterocycles. The van der Waals surface area contributed by atoms with Gasteiger partial charge in [-0.25, -0.2) is 4.98 Å². The molecule has 114 valence electrons. The summed E-state index contributed by atoms with van der Waals surface area (Å²) in [6.07, 6.45) is 3.53. The van der Waals surface area contributed by atoms with Crippen LogP contribution in [0.25, 0.3) is 0 Å². The van der Waals surface area contributed by atoms with Crippen molar-refractivity contribution in [2.45, 2.75) is 31.7 Å². The van der Waals surface area contributed by atoms with Crippen LogP contribution in [-0.2, 0) is 4.79 Å². The Bertz CT molecular complexity index is 580. The van der Waals surface area contributed by atoms with Crippen LogP contribution >= 0.6 is 34.8 Å². The zero-order valence-electron chi connectivity index (χ0n) is 11.0. The SMILES string of the molecule is O=C(O)CC1CCCCN1C(=O)c1ncc(Cl)c(Cl)c1Cl. The molecule has 0 bridgehead atoms. The van der Waals surface area contributed by atoms with E-state index in [2.05, 4.69) is 4.98 Å². The van der Waals surface area contributed by atoms with Gasteiger partial charge in [0.05, 0.1) is 21.5 Å². The molecule has 1 aliphatic rings. The van der Waals surface area contributed by atoms with Crippen LogP contribution in [0, 0.1) is 0 Å². The molecule has 8 heteroatoms. The third-order valence-corrected chi connectivity index (χ3v) is 4.66. The molecule has 2 rings (SSSR count). The lowest BCUT2D eigenvalue weighted by molar-refractivity contribution is -0.138. The number of rotatable bonds is 3. The average molecular weight is 352 g/mol. The van der Waals surface area contributed by atoms with Crippen molar-refractivity contribution >= 4 is 46.7 Å². The Morgan fingerprint density at radius 2 is 2.00 bits per heavy atom. The Morgan fingerprint density at radius 1 is 1.29 bits per heavy atom. The number of aromatic nitrogens is 1. The number of carbonyl (C=O) groups is 2. The van der Waals surface area contributed by atoms with E-state index in [-0.39, 0.29) is 33.2 Å². The van der Waals surface area contributed by atoms with Crippen LogP contribution in [0.1, 0.15) is 36.2 Å². The van der Waals surface area contributed by atoms with Crippen molar-refractivity contribution in [1.82, 2.24) is 9.88 Å². The largest absolute Gasteiger partial charge is 0.481 e. The number of likely N-dealkylation sites (tertiary alicyclic amines) is 1. The number of nitrogens with zero attached hydrogens (tertiary/aromatic N) is 2. The van der Waals surface area contributed by atoms with E-state index >= 15 is 0 Å². The minimum atomic E-state index is -0.937. The van der Waals surface area contributed by atoms with Gasteiger partial charge in [-0.1, -0.05) is 34.8 Å². The van der Waals surface area contributed by atoms with Crippen LogP contribution in [0.3, 0.4) is 0 Å². The zero-order chi connectivity index (χ0) is 15.6. The first-order chi connectivity index (χ1) is 9.91. The van der Waals surface area contributed by atoms with E-state index in [0.717, 1.165) is 12.8 Å². The molecule has 1 N–H and O–H groups in total. The molecular weight excluding hydrogens is 339 g/mol. The molecule has 1 aromatic rings. The molecule has 1 atom stereocenters. The normalized spacial score (nSPS) is 18.6. The van der Waals surface area contributed by atoms with Gasteiger partial charge in [0.15, 0.2) is 0 Å². The number of carboxylic acids is 1. The van der Waals surface area contributed by atoms with Crippen molar-refractivity contribution in [1.29, 1.82) is 0 Å². The monoisotopic (exact) mass is 350 g/mol. The zero-order valence-corrected chi connectivity index (χ0v) is 13.3. The number of aliphatic carboxylic acids is 1. The number of hydrogen-bond acceptors (Lipinski definition) is 3. The molecule has 1 saturated heterocycles. The van der Waals surface area contributed by atoms with Gasteiger partial charge >= 0.3 is 5.97 Å². The smallest absolute Gasteiger partial charge is 0.305 e. The molecule has 1 fully saturated rings. The quantitative estimate of drug-likeness (QED) is 0.904. The van der Waals surface area contributed by atoms with Gasteiger partial charge in [-0.2, -0.15) is 0 Å². The van der Waals surface area contributed by atoms with Crippen LogP contribution < -0.4 is 0 Å². The minimum Gasteiger partial charge on any atom is -0.481 e. The predicted octanol–water partition coefficient (Wildman–Crippen LogP) is 3.51. The second-order valence-electron chi connectivity index (χ2n) is 4.83. The first-order valence-electron chi connectivity index (χ1n) is 6.44. The average Bonchev–Trinajstić information content (AvgIpc) is 2.44. The topological polar surface area (TPSA) is 70.5 Å². The van der Waals surface area contributed by atoms with Gasteiger partial charge in [-0.3, -0.25) is 9.59 Å². The van der Waals surface area contributed by atoms with Crippen molar-refractivity contribution < 1.29 is 14.7 Å². The highest BCUT2D eigenvalue weighted by Crippen LogP contribution is 2.32. The number of carboxylic acid groups (broad SMARTS) is 1. The van der Waals surface area contributed by atoms with E-state index in [1.165, 1.54) is 11.1 Å². The third-order valence-electron chi connectivity index (χ3n) is 3.42. The standard InChI is InChI=1S/C13H13Cl3N2O3/c14-8-6-17-12(11(16)10(8)15)13(21)18-4-2-1-3-7(18)5-9(19)20/h6-7H,1-5H2,(H,19,20). The van der Waals surface area contributed by atoms with Crippen molar-refractivity contribution in [2.75, 3.05) is 6.54 Å². The number of piperidine rings is 1. The predicted molar refractivity (Wildman–Crippen MR) is 80.2 cm³/mol. The Hall–Kier alpha value is -1.04. The fourth-order valence-electron chi connectivity index (χ4n) is 2.41. The van der Waals surface area contributed by atoms with E-state index < -0.39 is 11.9 Å². The molecule has 0 aromatic carbocycles. The van der Waals surface area contributed by atoms with Crippen molar-refractivity contribution in [3.8, 4) is 0 Å². The third kappa shape index (κ3) is 3.59. The van der Waals surface area contributed by atoms with Crippen molar-refractivity contribution in [3.05, 3.63) is 27.0 Å². The summed E-state index contributed by atoms with van der Waals surface area (Å²) in [5.74, 6) is -1.35. The van der Waals surface area contributed by atoms with Gasteiger partial charge in [0, 0.05) is 18.8 Å². The second kappa shape index (κ2) is 6.81. The second-order valence-corrected chi connectivity index (χ2v) is 5.99. The van der Waals surface area contributed by atoms with Crippen LogP contribution in [0.5, 0.6) is 0 Å². The summed E-state index contributed by atoms with van der Waals surface area (Å²) in [4.78, 5) is 28.9. The van der Waals surface area contributed by atoms with E-state index in [1.54, 1.807) is 0 Å². The Morgan fingerprint density at radius 3 is 2.67 bits per heavy atom. The highest BCUT2D eigenvalue weighted by molar-refractivity contribution is 6.48. The Kier molecular flexibility index (Phi) is 5.30. The highest BCUT2D eigenvalue weighted by atomic mass is 35.5. The highest BCUT2D eigenvalue weighted by Gasteiger charge is 2.31. The minimum absolute atomic E-state index is 0.00311. The molecular formula is C13H13Cl3N2O3. The Balaban J connectivity index is 2.29. The van der Waals surface area contributed by atoms with Gasteiger partial charge in [0.1, 0.15) is 5.69 Å². The number of pyridine rings is 1. The van der Waals surface area contributed by atoms with Gasteiger partial charge in [-0.15, -0.1) is 0 Å². The van der Waals surface area contributed by atoms with E-state index in [0.29, 0.717) is 13.0 Å². The fourth-order valence-corrected chi connectivity index (χ4v) is 2.97. The first-order valence-corrected chi connectivity index (χ1v) is 7.57. The lowest BCUT2D eigenvalue weighted by atomic mass is 9.99. The summed E-state index contributed by atoms with van der Waals surface area (Å²) in [6, 6.07) is -0.351. The van der Waals surface area contributed by atoms with Crippen molar-refractivity contribution in [3.63, 3.8) is 0 Å². The molecule has 0 radical (unpaired) electrons. The summed E-state index contributed by atoms with van der Waals surface area (Å²) in [6.45, 7) is 0.481.